The van der Waals surface area contributed by atoms with Crippen LogP contribution in [0, 0.1) is 17.1 Å². The van der Waals surface area contributed by atoms with Gasteiger partial charge in [-0.3, -0.25) is 4.90 Å². The Morgan fingerprint density at radius 3 is 2.76 bits per heavy atom. The lowest BCUT2D eigenvalue weighted by atomic mass is 10.1. The van der Waals surface area contributed by atoms with Crippen molar-refractivity contribution in [2.24, 2.45) is 0 Å². The predicted molar refractivity (Wildman–Crippen MR) is 86.7 cm³/mol. The molecule has 0 bridgehead atoms. The van der Waals surface area contributed by atoms with Crippen molar-refractivity contribution in [1.29, 1.82) is 5.26 Å². The number of amides is 2. The highest BCUT2D eigenvalue weighted by molar-refractivity contribution is 5.74. The van der Waals surface area contributed by atoms with Crippen molar-refractivity contribution in [2.45, 2.75) is 13.1 Å². The van der Waals surface area contributed by atoms with E-state index in [-0.39, 0.29) is 18.1 Å². The van der Waals surface area contributed by atoms with Crippen LogP contribution in [-0.2, 0) is 13.1 Å². The SMILES string of the molecule is N#Cc1ccc(CNC(=O)N2CCN(Cc3ccon3)CC2)c(F)c1. The molecule has 0 aliphatic carbocycles. The summed E-state index contributed by atoms with van der Waals surface area (Å²) in [4.78, 5) is 16.1. The molecule has 0 unspecified atom stereocenters. The second kappa shape index (κ2) is 7.77. The minimum Gasteiger partial charge on any atom is -0.364 e. The van der Waals surface area contributed by atoms with E-state index in [2.05, 4.69) is 15.4 Å². The molecular weight excluding hydrogens is 325 g/mol. The Hall–Kier alpha value is -2.92. The van der Waals surface area contributed by atoms with Crippen LogP contribution in [0.15, 0.2) is 35.1 Å². The summed E-state index contributed by atoms with van der Waals surface area (Å²) in [6.45, 7) is 3.47. The number of carbonyl (C=O) groups is 1. The van der Waals surface area contributed by atoms with Crippen LogP contribution in [0.5, 0.6) is 0 Å². The zero-order valence-corrected chi connectivity index (χ0v) is 13.6. The molecule has 0 radical (unpaired) electrons. The normalized spacial score (nSPS) is 15.0. The second-order valence-electron chi connectivity index (χ2n) is 5.83. The molecule has 2 aromatic rings. The Morgan fingerprint density at radius 2 is 2.12 bits per heavy atom. The van der Waals surface area contributed by atoms with E-state index in [1.54, 1.807) is 11.2 Å². The molecule has 1 N–H and O–H groups in total. The van der Waals surface area contributed by atoms with Crippen LogP contribution in [-0.4, -0.2) is 47.2 Å². The number of halogens is 1. The van der Waals surface area contributed by atoms with Crippen molar-refractivity contribution < 1.29 is 13.7 Å². The molecule has 1 aromatic heterocycles. The van der Waals surface area contributed by atoms with Crippen LogP contribution in [0.1, 0.15) is 16.8 Å². The maximum atomic E-state index is 13.8. The molecule has 2 amide bonds. The highest BCUT2D eigenvalue weighted by Crippen LogP contribution is 2.11. The number of hydrogen-bond donors (Lipinski definition) is 1. The lowest BCUT2D eigenvalue weighted by Gasteiger charge is -2.34. The molecule has 1 saturated heterocycles. The van der Waals surface area contributed by atoms with Crippen molar-refractivity contribution in [3.05, 3.63) is 53.2 Å². The molecule has 1 aromatic carbocycles. The number of nitrogens with zero attached hydrogens (tertiary/aromatic N) is 4. The number of piperazine rings is 1. The second-order valence-corrected chi connectivity index (χ2v) is 5.83. The quantitative estimate of drug-likeness (QED) is 0.913. The number of benzene rings is 1. The highest BCUT2D eigenvalue weighted by Gasteiger charge is 2.21. The Morgan fingerprint density at radius 1 is 1.32 bits per heavy atom. The number of urea groups is 1. The number of nitrogens with one attached hydrogen (secondary N) is 1. The first-order valence-corrected chi connectivity index (χ1v) is 7.98. The van der Waals surface area contributed by atoms with Crippen LogP contribution in [0.2, 0.25) is 0 Å². The topological polar surface area (TPSA) is 85.4 Å². The lowest BCUT2D eigenvalue weighted by Crippen LogP contribution is -2.51. The summed E-state index contributed by atoms with van der Waals surface area (Å²) in [5.41, 5.74) is 1.49. The maximum absolute atomic E-state index is 13.8. The molecule has 1 aliphatic heterocycles. The molecule has 7 nitrogen and oxygen atoms in total. The van der Waals surface area contributed by atoms with E-state index in [0.717, 1.165) is 18.8 Å². The van der Waals surface area contributed by atoms with Crippen molar-refractivity contribution in [3.8, 4) is 6.07 Å². The van der Waals surface area contributed by atoms with Gasteiger partial charge >= 0.3 is 6.03 Å². The van der Waals surface area contributed by atoms with E-state index >= 15 is 0 Å². The fourth-order valence-corrected chi connectivity index (χ4v) is 2.70. The summed E-state index contributed by atoms with van der Waals surface area (Å²) < 4.78 is 18.6. The molecule has 0 saturated carbocycles. The van der Waals surface area contributed by atoms with E-state index in [4.69, 9.17) is 9.78 Å². The van der Waals surface area contributed by atoms with Gasteiger partial charge in [0, 0.05) is 50.9 Å². The summed E-state index contributed by atoms with van der Waals surface area (Å²) in [5.74, 6) is -0.489. The first-order valence-electron chi connectivity index (χ1n) is 7.98. The molecule has 8 heteroatoms. The van der Waals surface area contributed by atoms with Gasteiger partial charge in [-0.25, -0.2) is 9.18 Å². The third-order valence-corrected chi connectivity index (χ3v) is 4.15. The zero-order valence-electron chi connectivity index (χ0n) is 13.6. The van der Waals surface area contributed by atoms with Crippen LogP contribution in [0.3, 0.4) is 0 Å². The summed E-state index contributed by atoms with van der Waals surface area (Å²) >= 11 is 0. The van der Waals surface area contributed by atoms with Gasteiger partial charge in [0.2, 0.25) is 0 Å². The van der Waals surface area contributed by atoms with Crippen LogP contribution >= 0.6 is 0 Å². The molecule has 3 rings (SSSR count). The minimum atomic E-state index is -0.489. The fourth-order valence-electron chi connectivity index (χ4n) is 2.70. The summed E-state index contributed by atoms with van der Waals surface area (Å²) in [6, 6.07) is 7.71. The number of rotatable bonds is 4. The van der Waals surface area contributed by atoms with E-state index < -0.39 is 5.82 Å². The van der Waals surface area contributed by atoms with E-state index in [0.29, 0.717) is 25.2 Å². The van der Waals surface area contributed by atoms with E-state index in [1.807, 2.05) is 12.1 Å². The van der Waals surface area contributed by atoms with Gasteiger partial charge < -0.3 is 14.7 Å². The Bertz CT molecular complexity index is 764. The number of nitriles is 1. The number of carbonyl (C=O) groups excluding carboxylic acids is 1. The molecule has 2 heterocycles. The Labute approximate surface area is 144 Å². The molecule has 1 aliphatic rings. The number of aromatic nitrogens is 1. The number of hydrogen-bond acceptors (Lipinski definition) is 5. The van der Waals surface area contributed by atoms with Crippen molar-refractivity contribution in [2.75, 3.05) is 26.2 Å². The Kier molecular flexibility index (Phi) is 5.26. The van der Waals surface area contributed by atoms with Crippen LogP contribution in [0.25, 0.3) is 0 Å². The van der Waals surface area contributed by atoms with Crippen LogP contribution in [0.4, 0.5) is 9.18 Å². The zero-order chi connectivity index (χ0) is 17.6. The van der Waals surface area contributed by atoms with Crippen LogP contribution < -0.4 is 5.32 Å². The van der Waals surface area contributed by atoms with Gasteiger partial charge in [0.25, 0.3) is 0 Å². The van der Waals surface area contributed by atoms with E-state index in [9.17, 15) is 9.18 Å². The first-order chi connectivity index (χ1) is 12.2. The molecule has 0 spiro atoms. The van der Waals surface area contributed by atoms with Gasteiger partial charge in [-0.05, 0) is 12.1 Å². The van der Waals surface area contributed by atoms with E-state index in [1.165, 1.54) is 18.2 Å². The van der Waals surface area contributed by atoms with Crippen molar-refractivity contribution >= 4 is 6.03 Å². The standard InChI is InChI=1S/C17H18FN5O2/c18-16-9-13(10-19)1-2-14(16)11-20-17(24)23-6-4-22(5-7-23)12-15-3-8-25-21-15/h1-3,8-9H,4-7,11-12H2,(H,20,24). The molecule has 1 fully saturated rings. The van der Waals surface area contributed by atoms with Crippen molar-refractivity contribution in [3.63, 3.8) is 0 Å². The molecule has 25 heavy (non-hydrogen) atoms. The first kappa shape index (κ1) is 16.9. The third-order valence-electron chi connectivity index (χ3n) is 4.15. The summed E-state index contributed by atoms with van der Waals surface area (Å²) in [5, 5.41) is 15.3. The fraction of sp³-hybridized carbons (Fsp3) is 0.353. The maximum Gasteiger partial charge on any atom is 0.317 e. The molecule has 0 atom stereocenters. The summed E-state index contributed by atoms with van der Waals surface area (Å²) in [7, 11) is 0. The van der Waals surface area contributed by atoms with Gasteiger partial charge in [0.1, 0.15) is 12.1 Å². The Balaban J connectivity index is 1.46. The van der Waals surface area contributed by atoms with Gasteiger partial charge in [-0.2, -0.15) is 5.26 Å². The largest absolute Gasteiger partial charge is 0.364 e. The van der Waals surface area contributed by atoms with Gasteiger partial charge in [0.05, 0.1) is 17.3 Å². The average molecular weight is 343 g/mol. The smallest absolute Gasteiger partial charge is 0.317 e. The molecule has 130 valence electrons. The minimum absolute atomic E-state index is 0.0928. The summed E-state index contributed by atoms with van der Waals surface area (Å²) in [6.07, 6.45) is 1.54. The van der Waals surface area contributed by atoms with Gasteiger partial charge in [0.15, 0.2) is 0 Å². The van der Waals surface area contributed by atoms with Gasteiger partial charge in [-0.1, -0.05) is 11.2 Å². The third kappa shape index (κ3) is 4.33. The molecular formula is C17H18FN5O2. The van der Waals surface area contributed by atoms with Gasteiger partial charge in [-0.15, -0.1) is 0 Å². The predicted octanol–water partition coefficient (Wildman–Crippen LogP) is 1.71. The monoisotopic (exact) mass is 343 g/mol. The highest BCUT2D eigenvalue weighted by atomic mass is 19.1. The average Bonchev–Trinajstić information content (AvgIpc) is 3.14. The lowest BCUT2D eigenvalue weighted by molar-refractivity contribution is 0.133. The van der Waals surface area contributed by atoms with Crippen molar-refractivity contribution in [1.82, 2.24) is 20.3 Å².